The first-order chi connectivity index (χ1) is 10.4. The van der Waals surface area contributed by atoms with Crippen molar-refractivity contribution in [1.29, 1.82) is 0 Å². The molecule has 0 N–H and O–H groups in total. The average Bonchev–Trinajstić information content (AvgIpc) is 2.93. The van der Waals surface area contributed by atoms with Gasteiger partial charge >= 0.3 is 0 Å². The van der Waals surface area contributed by atoms with Gasteiger partial charge in [-0.2, -0.15) is 0 Å². The molecule has 96 valence electrons. The molecular formula is C15H7B4NO2. The summed E-state index contributed by atoms with van der Waals surface area (Å²) in [7, 11) is 25.8. The molecule has 4 rings (SSSR count). The highest BCUT2D eigenvalue weighted by atomic mass is 16.2. The minimum absolute atomic E-state index is 0.213. The monoisotopic (exact) mass is 277 g/mol. The summed E-state index contributed by atoms with van der Waals surface area (Å²) >= 11 is 0. The van der Waals surface area contributed by atoms with E-state index in [9.17, 15) is 9.59 Å². The maximum absolute atomic E-state index is 12.5. The molecule has 3 nitrogen and oxygen atoms in total. The van der Waals surface area contributed by atoms with E-state index in [-0.39, 0.29) is 22.1 Å². The molecule has 2 amide bonds. The molecule has 8 radical (unpaired) electrons. The Hall–Kier alpha value is -1.90. The van der Waals surface area contributed by atoms with Crippen LogP contribution in [0.3, 0.4) is 0 Å². The van der Waals surface area contributed by atoms with Crippen LogP contribution in [0.2, 0.25) is 0 Å². The van der Waals surface area contributed by atoms with Crippen molar-refractivity contribution in [3.8, 4) is 0 Å². The lowest BCUT2D eigenvalue weighted by atomic mass is 9.67. The van der Waals surface area contributed by atoms with E-state index in [4.69, 9.17) is 31.4 Å². The summed E-state index contributed by atoms with van der Waals surface area (Å²) in [5, 5.41) is 1.28. The largest absolute Gasteiger partial charge is 0.278 e. The third-order valence-corrected chi connectivity index (χ3v) is 4.78. The molecular weight excluding hydrogens is 269 g/mol. The molecule has 22 heavy (non-hydrogen) atoms. The highest BCUT2D eigenvalue weighted by molar-refractivity contribution is 6.58. The van der Waals surface area contributed by atoms with Crippen molar-refractivity contribution in [1.82, 2.24) is 4.90 Å². The Bertz CT molecular complexity index is 865. The number of rotatable bonds is 0. The van der Waals surface area contributed by atoms with Gasteiger partial charge in [-0.25, -0.2) is 0 Å². The molecule has 0 unspecified atom stereocenters. The molecule has 2 aliphatic rings. The Labute approximate surface area is 133 Å². The van der Waals surface area contributed by atoms with E-state index in [2.05, 4.69) is 0 Å². The molecule has 0 saturated heterocycles. The molecule has 0 atom stereocenters. The molecule has 2 aromatic rings. The molecule has 0 aromatic heterocycles. The lowest BCUT2D eigenvalue weighted by Gasteiger charge is -2.30. The first kappa shape index (κ1) is 13.7. The normalized spacial score (nSPS) is 16.0. The van der Waals surface area contributed by atoms with E-state index >= 15 is 0 Å². The predicted octanol–water partition coefficient (Wildman–Crippen LogP) is -2.66. The first-order valence-electron chi connectivity index (χ1n) is 6.91. The minimum Gasteiger partial charge on any atom is -0.278 e. The number of amides is 2. The van der Waals surface area contributed by atoms with E-state index in [0.29, 0.717) is 29.2 Å². The van der Waals surface area contributed by atoms with Crippen molar-refractivity contribution in [2.24, 2.45) is 0 Å². The Balaban J connectivity index is 2.38. The number of carbonyl (C=O) groups is 2. The molecule has 1 aliphatic carbocycles. The van der Waals surface area contributed by atoms with Crippen LogP contribution in [-0.4, -0.2) is 55.1 Å². The fourth-order valence-electron chi connectivity index (χ4n) is 3.63. The van der Waals surface area contributed by atoms with Crippen LogP contribution in [0.25, 0.3) is 10.8 Å². The standard InChI is InChI=1S/C15H7B4NO2/c1-20-14(21)8-7-6-4(10(16)12(8)18)2-3-5(6)11(17)13(19)9(7)15(20)22/h2-3H2,1H3. The van der Waals surface area contributed by atoms with Crippen molar-refractivity contribution in [2.75, 3.05) is 7.05 Å². The van der Waals surface area contributed by atoms with Gasteiger partial charge in [0, 0.05) is 23.6 Å². The minimum atomic E-state index is -0.463. The summed E-state index contributed by atoms with van der Waals surface area (Å²) < 4.78 is 0. The topological polar surface area (TPSA) is 37.4 Å². The maximum Gasteiger partial charge on any atom is 0.260 e. The second-order valence-electron chi connectivity index (χ2n) is 5.78. The quantitative estimate of drug-likeness (QED) is 0.389. The Morgan fingerprint density at radius 1 is 0.727 bits per heavy atom. The van der Waals surface area contributed by atoms with E-state index in [1.54, 1.807) is 0 Å². The van der Waals surface area contributed by atoms with Gasteiger partial charge in [-0.3, -0.25) is 14.5 Å². The van der Waals surface area contributed by atoms with E-state index in [0.717, 1.165) is 21.4 Å². The second-order valence-corrected chi connectivity index (χ2v) is 5.78. The number of imide groups is 1. The van der Waals surface area contributed by atoms with Crippen LogP contribution in [0.4, 0.5) is 0 Å². The van der Waals surface area contributed by atoms with Crippen LogP contribution in [-0.2, 0) is 12.8 Å². The van der Waals surface area contributed by atoms with Crippen LogP contribution in [0, 0.1) is 0 Å². The van der Waals surface area contributed by atoms with Gasteiger partial charge in [0.1, 0.15) is 31.4 Å². The number of hydrogen-bond donors (Lipinski definition) is 0. The number of aryl methyl sites for hydroxylation is 2. The highest BCUT2D eigenvalue weighted by Gasteiger charge is 2.36. The molecule has 0 spiro atoms. The van der Waals surface area contributed by atoms with Gasteiger partial charge in [0.15, 0.2) is 0 Å². The molecule has 2 aromatic carbocycles. The van der Waals surface area contributed by atoms with Gasteiger partial charge in [-0.1, -0.05) is 21.9 Å². The smallest absolute Gasteiger partial charge is 0.260 e. The van der Waals surface area contributed by atoms with Gasteiger partial charge in [-0.15, -0.1) is 0 Å². The average molecular weight is 276 g/mol. The third-order valence-electron chi connectivity index (χ3n) is 4.78. The lowest BCUT2D eigenvalue weighted by Crippen LogP contribution is -2.48. The van der Waals surface area contributed by atoms with Gasteiger partial charge in [0.2, 0.25) is 0 Å². The Morgan fingerprint density at radius 3 is 1.55 bits per heavy atom. The van der Waals surface area contributed by atoms with Crippen molar-refractivity contribution < 1.29 is 9.59 Å². The van der Waals surface area contributed by atoms with Gasteiger partial charge < -0.3 is 0 Å². The summed E-state index contributed by atoms with van der Waals surface area (Å²) in [6.07, 6.45) is 1.35. The predicted molar refractivity (Wildman–Crippen MR) is 89.3 cm³/mol. The van der Waals surface area contributed by atoms with Crippen LogP contribution in [0.5, 0.6) is 0 Å². The molecule has 7 heteroatoms. The van der Waals surface area contributed by atoms with Crippen molar-refractivity contribution in [2.45, 2.75) is 12.8 Å². The summed E-state index contributed by atoms with van der Waals surface area (Å²) in [6, 6.07) is 0. The molecule has 1 heterocycles. The SMILES string of the molecule is [B]c1c([B])c2c3c(c([B])c([B])c4c3c1CC4)C(=O)N(C)C2=O. The zero-order valence-corrected chi connectivity index (χ0v) is 12.0. The number of benzene rings is 2. The van der Waals surface area contributed by atoms with Crippen molar-refractivity contribution >= 4 is 75.8 Å². The van der Waals surface area contributed by atoms with E-state index in [1.165, 1.54) is 7.05 Å². The summed E-state index contributed by atoms with van der Waals surface area (Å²) in [6.45, 7) is 0. The Kier molecular flexibility index (Phi) is 2.56. The van der Waals surface area contributed by atoms with Crippen LogP contribution in [0.15, 0.2) is 0 Å². The summed E-state index contributed by atoms with van der Waals surface area (Å²) in [4.78, 5) is 26.0. The van der Waals surface area contributed by atoms with E-state index < -0.39 is 11.8 Å². The zero-order valence-electron chi connectivity index (χ0n) is 12.0. The Morgan fingerprint density at radius 2 is 1.14 bits per heavy atom. The second kappa shape index (κ2) is 4.09. The van der Waals surface area contributed by atoms with E-state index in [1.807, 2.05) is 0 Å². The zero-order chi connectivity index (χ0) is 15.9. The first-order valence-corrected chi connectivity index (χ1v) is 6.91. The van der Waals surface area contributed by atoms with Crippen molar-refractivity contribution in [3.05, 3.63) is 22.3 Å². The molecule has 0 saturated carbocycles. The summed E-state index contributed by atoms with van der Waals surface area (Å²) in [5.74, 6) is -0.925. The molecule has 0 fully saturated rings. The van der Waals surface area contributed by atoms with Gasteiger partial charge in [0.25, 0.3) is 11.8 Å². The van der Waals surface area contributed by atoms with Gasteiger partial charge in [0.05, 0.1) is 0 Å². The third kappa shape index (κ3) is 1.33. The van der Waals surface area contributed by atoms with Crippen molar-refractivity contribution in [3.63, 3.8) is 0 Å². The highest BCUT2D eigenvalue weighted by Crippen LogP contribution is 2.34. The summed E-state index contributed by atoms with van der Waals surface area (Å²) in [5.41, 5.74) is 3.43. The lowest BCUT2D eigenvalue weighted by molar-refractivity contribution is 0.0652. The number of hydrogen-bond acceptors (Lipinski definition) is 2. The number of nitrogens with zero attached hydrogens (tertiary/aromatic N) is 1. The molecule has 1 aliphatic heterocycles. The number of carbonyl (C=O) groups excluding carboxylic acids is 2. The maximum atomic E-state index is 12.5. The molecule has 0 bridgehead atoms. The van der Waals surface area contributed by atoms with Crippen LogP contribution < -0.4 is 21.9 Å². The van der Waals surface area contributed by atoms with Crippen LogP contribution in [0.1, 0.15) is 31.8 Å². The van der Waals surface area contributed by atoms with Crippen LogP contribution >= 0.6 is 0 Å². The fraction of sp³-hybridized carbons (Fsp3) is 0.200. The fourth-order valence-corrected chi connectivity index (χ4v) is 3.63. The van der Waals surface area contributed by atoms with Gasteiger partial charge in [-0.05, 0) is 29.4 Å².